The van der Waals surface area contributed by atoms with Crippen molar-refractivity contribution in [3.05, 3.63) is 12.2 Å². The van der Waals surface area contributed by atoms with Gasteiger partial charge in [0.05, 0.1) is 5.92 Å². The van der Waals surface area contributed by atoms with Crippen LogP contribution in [0.15, 0.2) is 12.2 Å². The lowest BCUT2D eigenvalue weighted by Crippen LogP contribution is -2.35. The number of carbonyl (C=O) groups is 1. The lowest BCUT2D eigenvalue weighted by atomic mass is 10.00. The highest BCUT2D eigenvalue weighted by atomic mass is 16.5. The third-order valence-electron chi connectivity index (χ3n) is 3.36. The van der Waals surface area contributed by atoms with E-state index < -0.39 is 0 Å². The number of nitrogens with two attached hydrogens (primary N) is 1. The van der Waals surface area contributed by atoms with Crippen LogP contribution in [0.1, 0.15) is 19.3 Å². The number of amides is 1. The van der Waals surface area contributed by atoms with E-state index in [2.05, 4.69) is 5.32 Å². The first-order valence-electron chi connectivity index (χ1n) is 6.05. The minimum absolute atomic E-state index is 0.0187. The number of hydrogen-bond acceptors (Lipinski definition) is 3. The van der Waals surface area contributed by atoms with Crippen LogP contribution in [0.2, 0.25) is 0 Å². The van der Waals surface area contributed by atoms with Gasteiger partial charge < -0.3 is 15.8 Å². The summed E-state index contributed by atoms with van der Waals surface area (Å²) >= 11 is 0. The first-order chi connectivity index (χ1) is 7.75. The quantitative estimate of drug-likeness (QED) is 0.683. The van der Waals surface area contributed by atoms with Gasteiger partial charge in [-0.25, -0.2) is 0 Å². The van der Waals surface area contributed by atoms with Crippen LogP contribution in [0.3, 0.4) is 0 Å². The van der Waals surface area contributed by atoms with Gasteiger partial charge in [-0.05, 0) is 25.2 Å². The molecule has 4 heteroatoms. The van der Waals surface area contributed by atoms with E-state index in [1.54, 1.807) is 0 Å². The zero-order valence-corrected chi connectivity index (χ0v) is 9.52. The Morgan fingerprint density at radius 1 is 1.38 bits per heavy atom. The van der Waals surface area contributed by atoms with E-state index in [0.717, 1.165) is 39.0 Å². The fourth-order valence-electron chi connectivity index (χ4n) is 2.25. The summed E-state index contributed by atoms with van der Waals surface area (Å²) in [5, 5.41) is 3.01. The molecule has 0 aromatic heterocycles. The maximum atomic E-state index is 11.8. The molecule has 0 aromatic rings. The molecular formula is C12H20N2O2. The fraction of sp³-hybridized carbons (Fsp3) is 0.750. The highest BCUT2D eigenvalue weighted by molar-refractivity contribution is 5.81. The first-order valence-corrected chi connectivity index (χ1v) is 6.05. The minimum atomic E-state index is -0.0187. The van der Waals surface area contributed by atoms with Gasteiger partial charge in [-0.1, -0.05) is 12.2 Å². The molecule has 0 saturated carbocycles. The fourth-order valence-corrected chi connectivity index (χ4v) is 2.25. The largest absolute Gasteiger partial charge is 0.381 e. The second-order valence-electron chi connectivity index (χ2n) is 4.69. The van der Waals surface area contributed by atoms with Crippen LogP contribution in [-0.2, 0) is 9.53 Å². The number of hydrogen-bond donors (Lipinski definition) is 2. The van der Waals surface area contributed by atoms with Crippen LogP contribution in [0.4, 0.5) is 0 Å². The standard InChI is InChI=1S/C12H20N2O2/c13-11-2-1-10(7-11)12(15)14-8-9-3-5-16-6-4-9/h1-2,9-11H,3-8,13H2,(H,14,15). The summed E-state index contributed by atoms with van der Waals surface area (Å²) in [6, 6.07) is 0.0545. The normalized spacial score (nSPS) is 30.6. The van der Waals surface area contributed by atoms with Crippen LogP contribution < -0.4 is 11.1 Å². The topological polar surface area (TPSA) is 64.4 Å². The minimum Gasteiger partial charge on any atom is -0.381 e. The van der Waals surface area contributed by atoms with Gasteiger partial charge in [0.2, 0.25) is 5.91 Å². The predicted molar refractivity (Wildman–Crippen MR) is 61.8 cm³/mol. The highest BCUT2D eigenvalue weighted by Gasteiger charge is 2.23. The summed E-state index contributed by atoms with van der Waals surface area (Å²) in [7, 11) is 0. The molecule has 1 aliphatic heterocycles. The molecule has 2 unspecified atom stereocenters. The van der Waals surface area contributed by atoms with E-state index >= 15 is 0 Å². The van der Waals surface area contributed by atoms with Gasteiger partial charge in [0, 0.05) is 25.8 Å². The van der Waals surface area contributed by atoms with Crippen molar-refractivity contribution in [3.8, 4) is 0 Å². The van der Waals surface area contributed by atoms with Gasteiger partial charge in [-0.15, -0.1) is 0 Å². The van der Waals surface area contributed by atoms with E-state index in [1.165, 1.54) is 0 Å². The summed E-state index contributed by atoms with van der Waals surface area (Å²) in [5.74, 6) is 0.683. The monoisotopic (exact) mass is 224 g/mol. The zero-order chi connectivity index (χ0) is 11.4. The molecular weight excluding hydrogens is 204 g/mol. The highest BCUT2D eigenvalue weighted by Crippen LogP contribution is 2.17. The Hall–Kier alpha value is -0.870. The summed E-state index contributed by atoms with van der Waals surface area (Å²) < 4.78 is 5.28. The first kappa shape index (κ1) is 11.6. The van der Waals surface area contributed by atoms with Crippen molar-refractivity contribution in [2.75, 3.05) is 19.8 Å². The average molecular weight is 224 g/mol. The third kappa shape index (κ3) is 3.06. The van der Waals surface area contributed by atoms with Crippen LogP contribution >= 0.6 is 0 Å². The van der Waals surface area contributed by atoms with Crippen LogP contribution in [-0.4, -0.2) is 31.7 Å². The molecule has 0 radical (unpaired) electrons. The zero-order valence-electron chi connectivity index (χ0n) is 9.52. The van der Waals surface area contributed by atoms with Crippen molar-refractivity contribution in [1.82, 2.24) is 5.32 Å². The molecule has 0 aromatic carbocycles. The molecule has 0 spiro atoms. The van der Waals surface area contributed by atoms with E-state index in [-0.39, 0.29) is 17.9 Å². The van der Waals surface area contributed by atoms with Crippen LogP contribution in [0, 0.1) is 11.8 Å². The van der Waals surface area contributed by atoms with Crippen molar-refractivity contribution >= 4 is 5.91 Å². The Bertz CT molecular complexity index is 272. The number of ether oxygens (including phenoxy) is 1. The summed E-state index contributed by atoms with van der Waals surface area (Å²) in [6.07, 6.45) is 6.70. The molecule has 1 fully saturated rings. The molecule has 1 amide bonds. The molecule has 2 rings (SSSR count). The summed E-state index contributed by atoms with van der Waals surface area (Å²) in [5.41, 5.74) is 5.72. The van der Waals surface area contributed by atoms with Gasteiger partial charge in [0.1, 0.15) is 0 Å². The molecule has 16 heavy (non-hydrogen) atoms. The third-order valence-corrected chi connectivity index (χ3v) is 3.36. The molecule has 0 bridgehead atoms. The number of rotatable bonds is 3. The van der Waals surface area contributed by atoms with Gasteiger partial charge in [0.15, 0.2) is 0 Å². The van der Waals surface area contributed by atoms with Gasteiger partial charge in [0.25, 0.3) is 0 Å². The molecule has 1 aliphatic carbocycles. The molecule has 2 aliphatic rings. The Morgan fingerprint density at radius 2 is 2.12 bits per heavy atom. The van der Waals surface area contributed by atoms with Crippen molar-refractivity contribution in [3.63, 3.8) is 0 Å². The SMILES string of the molecule is NC1C=CC(C(=O)NCC2CCOCC2)C1. The average Bonchev–Trinajstić information content (AvgIpc) is 2.74. The lowest BCUT2D eigenvalue weighted by Gasteiger charge is -2.22. The lowest BCUT2D eigenvalue weighted by molar-refractivity contribution is -0.124. The van der Waals surface area contributed by atoms with E-state index in [0.29, 0.717) is 5.92 Å². The predicted octanol–water partition coefficient (Wildman–Crippen LogP) is 0.433. The van der Waals surface area contributed by atoms with E-state index in [9.17, 15) is 4.79 Å². The van der Waals surface area contributed by atoms with Crippen molar-refractivity contribution < 1.29 is 9.53 Å². The number of nitrogens with one attached hydrogen (secondary N) is 1. The van der Waals surface area contributed by atoms with Crippen LogP contribution in [0.5, 0.6) is 0 Å². The molecule has 2 atom stereocenters. The molecule has 3 N–H and O–H groups in total. The van der Waals surface area contributed by atoms with Crippen LogP contribution in [0.25, 0.3) is 0 Å². The summed E-state index contributed by atoms with van der Waals surface area (Å²) in [4.78, 5) is 11.8. The Balaban J connectivity index is 1.69. The summed E-state index contributed by atoms with van der Waals surface area (Å²) in [6.45, 7) is 2.44. The Kier molecular flexibility index (Phi) is 3.96. The van der Waals surface area contributed by atoms with Gasteiger partial charge in [-0.3, -0.25) is 4.79 Å². The van der Waals surface area contributed by atoms with Crippen molar-refractivity contribution in [2.45, 2.75) is 25.3 Å². The van der Waals surface area contributed by atoms with E-state index in [1.807, 2.05) is 12.2 Å². The van der Waals surface area contributed by atoms with Gasteiger partial charge >= 0.3 is 0 Å². The molecule has 4 nitrogen and oxygen atoms in total. The molecule has 90 valence electrons. The van der Waals surface area contributed by atoms with Crippen molar-refractivity contribution in [1.29, 1.82) is 0 Å². The second kappa shape index (κ2) is 5.46. The maximum Gasteiger partial charge on any atom is 0.227 e. The Labute approximate surface area is 96.2 Å². The Morgan fingerprint density at radius 3 is 2.75 bits per heavy atom. The number of carbonyl (C=O) groups excluding carboxylic acids is 1. The maximum absolute atomic E-state index is 11.8. The molecule has 1 heterocycles. The van der Waals surface area contributed by atoms with Crippen molar-refractivity contribution in [2.24, 2.45) is 17.6 Å². The smallest absolute Gasteiger partial charge is 0.227 e. The van der Waals surface area contributed by atoms with Gasteiger partial charge in [-0.2, -0.15) is 0 Å². The second-order valence-corrected chi connectivity index (χ2v) is 4.69. The molecule has 1 saturated heterocycles. The van der Waals surface area contributed by atoms with E-state index in [4.69, 9.17) is 10.5 Å².